The van der Waals surface area contributed by atoms with Crippen molar-refractivity contribution in [3.63, 3.8) is 0 Å². The number of nitrogens with one attached hydrogen (secondary N) is 2. The van der Waals surface area contributed by atoms with E-state index in [4.69, 9.17) is 0 Å². The molecule has 0 amide bonds. The van der Waals surface area contributed by atoms with Crippen LogP contribution in [0.1, 0.15) is 5.56 Å². The van der Waals surface area contributed by atoms with Gasteiger partial charge in [0.1, 0.15) is 0 Å². The van der Waals surface area contributed by atoms with Gasteiger partial charge in [-0.3, -0.25) is 0 Å². The monoisotopic (exact) mass is 254 g/mol. The van der Waals surface area contributed by atoms with Crippen LogP contribution in [-0.4, -0.2) is 6.54 Å². The molecule has 0 saturated carbocycles. The fourth-order valence-electron chi connectivity index (χ4n) is 1.41. The number of hydrogen-bond donors (Lipinski definition) is 2. The van der Waals surface area contributed by atoms with E-state index in [0.29, 0.717) is 0 Å². The van der Waals surface area contributed by atoms with Crippen LogP contribution in [0.15, 0.2) is 60.7 Å². The Balaban J connectivity index is 0.000000183. The smallest absolute Gasteiger partial charge is 0.340 e. The minimum atomic E-state index is 0. The van der Waals surface area contributed by atoms with Crippen LogP contribution >= 0.6 is 0 Å². The molecule has 0 atom stereocenters. The average Bonchev–Trinajstić information content (AvgIpc) is 3.06. The summed E-state index contributed by atoms with van der Waals surface area (Å²) in [7, 11) is 0. The fourth-order valence-corrected chi connectivity index (χ4v) is 1.41. The molecule has 2 aromatic carbocycles. The van der Waals surface area contributed by atoms with Gasteiger partial charge in [-0.05, 0) is 5.70 Å². The van der Waals surface area contributed by atoms with Crippen LogP contribution in [0, 0.1) is 0 Å². The third kappa shape index (κ3) is 3.70. The van der Waals surface area contributed by atoms with Crippen molar-refractivity contribution in [3.05, 3.63) is 66.2 Å². The Bertz CT molecular complexity index is 370. The molecular weight excluding hydrogens is 240 g/mol. The Kier molecular flexibility index (Phi) is 5.65. The molecule has 2 aromatic rings. The zero-order valence-electron chi connectivity index (χ0n) is 8.83. The molecule has 1 aliphatic rings. The maximum absolute atomic E-state index is 3.07. The van der Waals surface area contributed by atoms with Gasteiger partial charge in [0.15, 0.2) is 0 Å². The van der Waals surface area contributed by atoms with Crippen LogP contribution in [-0.2, 0) is 17.1 Å². The van der Waals surface area contributed by atoms with E-state index in [-0.39, 0.29) is 17.1 Å². The Hall–Kier alpha value is -1.28. The maximum Gasteiger partial charge on any atom is 2.00 e. The molecule has 0 aromatic heterocycles. The predicted molar refractivity (Wildman–Crippen MR) is 63.2 cm³/mol. The molecule has 2 N–H and O–H groups in total. The van der Waals surface area contributed by atoms with Crippen molar-refractivity contribution in [1.82, 2.24) is 10.9 Å². The Morgan fingerprint density at radius 1 is 1.06 bits per heavy atom. The zero-order chi connectivity index (χ0) is 10.3. The van der Waals surface area contributed by atoms with Crippen LogP contribution in [0.2, 0.25) is 0 Å². The summed E-state index contributed by atoms with van der Waals surface area (Å²) in [5.41, 5.74) is 8.53. The topological polar surface area (TPSA) is 24.1 Å². The third-order valence-electron chi connectivity index (χ3n) is 2.16. The van der Waals surface area contributed by atoms with Crippen molar-refractivity contribution in [1.29, 1.82) is 0 Å². The molecule has 3 heteroatoms. The van der Waals surface area contributed by atoms with Crippen LogP contribution in [0.4, 0.5) is 0 Å². The minimum Gasteiger partial charge on any atom is -0.340 e. The summed E-state index contributed by atoms with van der Waals surface area (Å²) in [5.74, 6) is 0. The zero-order valence-corrected chi connectivity index (χ0v) is 9.94. The molecule has 16 heavy (non-hydrogen) atoms. The number of hydrazine groups is 1. The molecule has 2 nitrogen and oxygen atoms in total. The first-order valence-electron chi connectivity index (χ1n) is 5.04. The molecule has 0 saturated heterocycles. The fraction of sp³-hybridized carbons (Fsp3) is 0.0769. The van der Waals surface area contributed by atoms with Crippen molar-refractivity contribution >= 4 is 5.70 Å². The van der Waals surface area contributed by atoms with E-state index in [9.17, 15) is 0 Å². The van der Waals surface area contributed by atoms with E-state index >= 15 is 0 Å². The summed E-state index contributed by atoms with van der Waals surface area (Å²) in [6.45, 7) is 0.917. The molecule has 0 bridgehead atoms. The molecular formula is C13H14FeN2. The number of rotatable bonds is 1. The van der Waals surface area contributed by atoms with Crippen molar-refractivity contribution < 1.29 is 17.1 Å². The van der Waals surface area contributed by atoms with E-state index in [0.717, 1.165) is 6.54 Å². The second-order valence-corrected chi connectivity index (χ2v) is 3.26. The molecule has 84 valence electrons. The second kappa shape index (κ2) is 7.07. The van der Waals surface area contributed by atoms with Gasteiger partial charge in [0.05, 0.1) is 0 Å². The van der Waals surface area contributed by atoms with Gasteiger partial charge in [-0.2, -0.15) is 30.3 Å². The molecule has 0 unspecified atom stereocenters. The van der Waals surface area contributed by atoms with Gasteiger partial charge in [-0.25, -0.2) is 17.6 Å². The summed E-state index contributed by atoms with van der Waals surface area (Å²) >= 11 is 0. The Labute approximate surface area is 107 Å². The van der Waals surface area contributed by atoms with Crippen molar-refractivity contribution in [3.8, 4) is 0 Å². The van der Waals surface area contributed by atoms with Crippen molar-refractivity contribution in [2.75, 3.05) is 6.54 Å². The van der Waals surface area contributed by atoms with Crippen LogP contribution < -0.4 is 10.9 Å². The first-order valence-corrected chi connectivity index (χ1v) is 5.04. The van der Waals surface area contributed by atoms with Gasteiger partial charge in [0, 0.05) is 6.54 Å². The van der Waals surface area contributed by atoms with Gasteiger partial charge in [-0.1, -0.05) is 5.56 Å². The van der Waals surface area contributed by atoms with Gasteiger partial charge < -0.3 is 5.43 Å². The minimum absolute atomic E-state index is 0. The largest absolute Gasteiger partial charge is 2.00 e. The first-order chi connectivity index (χ1) is 7.47. The van der Waals surface area contributed by atoms with E-state index in [1.807, 2.05) is 42.5 Å². The quantitative estimate of drug-likeness (QED) is 0.602. The molecule has 3 rings (SSSR count). The van der Waals surface area contributed by atoms with E-state index in [1.54, 1.807) is 0 Å². The van der Waals surface area contributed by atoms with Gasteiger partial charge in [0.2, 0.25) is 0 Å². The predicted octanol–water partition coefficient (Wildman–Crippen LogP) is 2.26. The molecule has 1 aliphatic heterocycles. The normalized spacial score (nSPS) is 12.9. The molecule has 1 heterocycles. The average molecular weight is 254 g/mol. The van der Waals surface area contributed by atoms with Crippen LogP contribution in [0.25, 0.3) is 5.70 Å². The van der Waals surface area contributed by atoms with E-state index < -0.39 is 0 Å². The summed E-state index contributed by atoms with van der Waals surface area (Å²) in [5, 5.41) is 0. The van der Waals surface area contributed by atoms with Crippen molar-refractivity contribution in [2.24, 2.45) is 0 Å². The van der Waals surface area contributed by atoms with Crippen LogP contribution in [0.3, 0.4) is 0 Å². The second-order valence-electron chi connectivity index (χ2n) is 3.26. The van der Waals surface area contributed by atoms with Crippen LogP contribution in [0.5, 0.6) is 0 Å². The summed E-state index contributed by atoms with van der Waals surface area (Å²) < 4.78 is 0. The van der Waals surface area contributed by atoms with Gasteiger partial charge >= 0.3 is 17.1 Å². The first kappa shape index (κ1) is 12.8. The molecule has 0 spiro atoms. The summed E-state index contributed by atoms with van der Waals surface area (Å²) in [6.07, 6.45) is 2.13. The standard InChI is InChI=1S/C8H9N2.C5H5.Fe/c1-2-4-7(3-1)8-5-6-9-10-8;1-2-4-5-3-1;/h1-5,9-10H,6H2;1-5H;/q2*-1;+2. The molecule has 0 fully saturated rings. The summed E-state index contributed by atoms with van der Waals surface area (Å²) in [6, 6.07) is 18.3. The van der Waals surface area contributed by atoms with E-state index in [1.165, 1.54) is 11.3 Å². The third-order valence-corrected chi connectivity index (χ3v) is 2.16. The Morgan fingerprint density at radius 2 is 1.75 bits per heavy atom. The SMILES string of the molecule is C1=C([c-]2cccc2)NNC1.[Fe+2].c1cc[cH-]c1. The Morgan fingerprint density at radius 3 is 2.19 bits per heavy atom. The van der Waals surface area contributed by atoms with Gasteiger partial charge in [0.25, 0.3) is 0 Å². The van der Waals surface area contributed by atoms with Gasteiger partial charge in [-0.15, -0.1) is 18.2 Å². The van der Waals surface area contributed by atoms with Crippen molar-refractivity contribution in [2.45, 2.75) is 0 Å². The number of hydrogen-bond acceptors (Lipinski definition) is 2. The maximum atomic E-state index is 3.07. The van der Waals surface area contributed by atoms with E-state index in [2.05, 4.69) is 29.1 Å². The molecule has 0 radical (unpaired) electrons. The molecule has 0 aliphatic carbocycles. The summed E-state index contributed by atoms with van der Waals surface area (Å²) in [4.78, 5) is 0.